The number of H-pyrrole nitrogens is 1. The van der Waals surface area contributed by atoms with Crippen LogP contribution in [0.1, 0.15) is 17.3 Å². The van der Waals surface area contributed by atoms with Gasteiger partial charge in [-0.1, -0.05) is 6.92 Å². The minimum Gasteiger partial charge on any atom is -0.469 e. The molecule has 0 saturated carbocycles. The van der Waals surface area contributed by atoms with Crippen LogP contribution in [0.15, 0.2) is 24.4 Å². The fraction of sp³-hybridized carbons (Fsp3) is 0.400. The second kappa shape index (κ2) is 5.20. The maximum absolute atomic E-state index is 12.6. The molecule has 1 N–H and O–H groups in total. The second-order valence-electron chi connectivity index (χ2n) is 5.49. The number of esters is 1. The normalized spacial score (nSPS) is 21.7. The Kier molecular flexibility index (Phi) is 3.37. The molecule has 110 valence electrons. The standard InChI is InChI=1S/C15H17N3O3/c1-9-7-18(8-12(9)15(20)21-2)14(19)10-3-4-13-11(5-10)6-16-17-13/h3-6,9,12H,7-8H2,1-2H3,(H,16,17). The van der Waals surface area contributed by atoms with Crippen LogP contribution in [0.5, 0.6) is 0 Å². The third-order valence-electron chi connectivity index (χ3n) is 4.09. The van der Waals surface area contributed by atoms with E-state index in [2.05, 4.69) is 10.2 Å². The van der Waals surface area contributed by atoms with Crippen LogP contribution in [0.25, 0.3) is 10.9 Å². The lowest BCUT2D eigenvalue weighted by Gasteiger charge is -2.16. The molecule has 0 radical (unpaired) electrons. The summed E-state index contributed by atoms with van der Waals surface area (Å²) >= 11 is 0. The SMILES string of the molecule is COC(=O)C1CN(C(=O)c2ccc3[nH]ncc3c2)CC1C. The molecule has 6 heteroatoms. The molecule has 0 spiro atoms. The number of likely N-dealkylation sites (tertiary alicyclic amines) is 1. The van der Waals surface area contributed by atoms with E-state index >= 15 is 0 Å². The summed E-state index contributed by atoms with van der Waals surface area (Å²) in [5.41, 5.74) is 1.51. The average Bonchev–Trinajstić information content (AvgIpc) is 3.11. The van der Waals surface area contributed by atoms with Crippen molar-refractivity contribution in [3.05, 3.63) is 30.0 Å². The molecule has 1 aromatic heterocycles. The molecule has 6 nitrogen and oxygen atoms in total. The first-order chi connectivity index (χ1) is 10.1. The third-order valence-corrected chi connectivity index (χ3v) is 4.09. The van der Waals surface area contributed by atoms with Gasteiger partial charge in [-0.2, -0.15) is 5.10 Å². The van der Waals surface area contributed by atoms with E-state index in [1.54, 1.807) is 17.2 Å². The summed E-state index contributed by atoms with van der Waals surface area (Å²) in [6, 6.07) is 5.43. The van der Waals surface area contributed by atoms with E-state index in [0.29, 0.717) is 18.7 Å². The number of fused-ring (bicyclic) bond motifs is 1. The number of carbonyl (C=O) groups is 2. The van der Waals surface area contributed by atoms with Crippen molar-refractivity contribution in [1.82, 2.24) is 15.1 Å². The van der Waals surface area contributed by atoms with Crippen molar-refractivity contribution >= 4 is 22.8 Å². The van der Waals surface area contributed by atoms with Crippen LogP contribution in [-0.2, 0) is 9.53 Å². The number of nitrogens with zero attached hydrogens (tertiary/aromatic N) is 2. The quantitative estimate of drug-likeness (QED) is 0.848. The fourth-order valence-electron chi connectivity index (χ4n) is 2.85. The molecular formula is C15H17N3O3. The topological polar surface area (TPSA) is 75.3 Å². The van der Waals surface area contributed by atoms with E-state index in [9.17, 15) is 9.59 Å². The number of carbonyl (C=O) groups excluding carboxylic acids is 2. The maximum atomic E-state index is 12.6. The number of aromatic nitrogens is 2. The lowest BCUT2D eigenvalue weighted by molar-refractivity contribution is -0.146. The predicted octanol–water partition coefficient (Wildman–Crippen LogP) is 1.44. The van der Waals surface area contributed by atoms with Gasteiger partial charge in [0.05, 0.1) is 24.7 Å². The van der Waals surface area contributed by atoms with Crippen molar-refractivity contribution in [2.75, 3.05) is 20.2 Å². The number of rotatable bonds is 2. The average molecular weight is 287 g/mol. The van der Waals surface area contributed by atoms with Crippen LogP contribution in [0.4, 0.5) is 0 Å². The molecule has 1 amide bonds. The Morgan fingerprint density at radius 2 is 2.19 bits per heavy atom. The first-order valence-corrected chi connectivity index (χ1v) is 6.90. The molecule has 0 aliphatic carbocycles. The van der Waals surface area contributed by atoms with Crippen LogP contribution in [0, 0.1) is 11.8 Å². The molecule has 1 aliphatic heterocycles. The molecule has 0 bridgehead atoms. The Bertz CT molecular complexity index is 694. The van der Waals surface area contributed by atoms with Gasteiger partial charge in [0, 0.05) is 24.0 Å². The van der Waals surface area contributed by atoms with Crippen LogP contribution < -0.4 is 0 Å². The van der Waals surface area contributed by atoms with Crippen molar-refractivity contribution in [3.8, 4) is 0 Å². The summed E-state index contributed by atoms with van der Waals surface area (Å²) in [7, 11) is 1.38. The van der Waals surface area contributed by atoms with Gasteiger partial charge in [-0.15, -0.1) is 0 Å². The minimum absolute atomic E-state index is 0.0589. The number of ether oxygens (including phenoxy) is 1. The monoisotopic (exact) mass is 287 g/mol. The number of hydrogen-bond acceptors (Lipinski definition) is 4. The summed E-state index contributed by atoms with van der Waals surface area (Å²) in [6.07, 6.45) is 1.69. The third kappa shape index (κ3) is 2.37. The van der Waals surface area contributed by atoms with Gasteiger partial charge < -0.3 is 9.64 Å². The van der Waals surface area contributed by atoms with E-state index in [1.807, 2.05) is 19.1 Å². The Balaban J connectivity index is 1.80. The van der Waals surface area contributed by atoms with Crippen LogP contribution >= 0.6 is 0 Å². The van der Waals surface area contributed by atoms with Gasteiger partial charge in [0.2, 0.25) is 0 Å². The van der Waals surface area contributed by atoms with E-state index in [4.69, 9.17) is 4.74 Å². The first-order valence-electron chi connectivity index (χ1n) is 6.90. The first kappa shape index (κ1) is 13.6. The lowest BCUT2D eigenvalue weighted by Crippen LogP contribution is -2.30. The van der Waals surface area contributed by atoms with E-state index in [-0.39, 0.29) is 23.7 Å². The van der Waals surface area contributed by atoms with Crippen molar-refractivity contribution in [2.45, 2.75) is 6.92 Å². The number of benzene rings is 1. The maximum Gasteiger partial charge on any atom is 0.310 e. The Morgan fingerprint density at radius 3 is 2.95 bits per heavy atom. The molecule has 2 aromatic rings. The zero-order chi connectivity index (χ0) is 15.0. The van der Waals surface area contributed by atoms with Gasteiger partial charge in [0.15, 0.2) is 0 Å². The highest BCUT2D eigenvalue weighted by molar-refractivity contribution is 5.98. The molecule has 2 unspecified atom stereocenters. The van der Waals surface area contributed by atoms with Crippen molar-refractivity contribution in [1.29, 1.82) is 0 Å². The summed E-state index contributed by atoms with van der Waals surface area (Å²) in [5.74, 6) is -0.435. The zero-order valence-electron chi connectivity index (χ0n) is 12.0. The molecule has 1 aromatic carbocycles. The van der Waals surface area contributed by atoms with Crippen LogP contribution in [0.2, 0.25) is 0 Å². The molecule has 1 saturated heterocycles. The Hall–Kier alpha value is -2.37. The van der Waals surface area contributed by atoms with Gasteiger partial charge in [-0.05, 0) is 24.1 Å². The number of methoxy groups -OCH3 is 1. The Labute approximate surface area is 122 Å². The summed E-state index contributed by atoms with van der Waals surface area (Å²) in [5, 5.41) is 7.70. The molecule has 21 heavy (non-hydrogen) atoms. The summed E-state index contributed by atoms with van der Waals surface area (Å²) in [4.78, 5) is 26.0. The zero-order valence-corrected chi connectivity index (χ0v) is 12.0. The largest absolute Gasteiger partial charge is 0.469 e. The highest BCUT2D eigenvalue weighted by Crippen LogP contribution is 2.26. The molecule has 3 rings (SSSR count). The molecule has 2 heterocycles. The van der Waals surface area contributed by atoms with Crippen LogP contribution in [-0.4, -0.2) is 47.2 Å². The Morgan fingerprint density at radius 1 is 1.38 bits per heavy atom. The van der Waals surface area contributed by atoms with Crippen molar-refractivity contribution in [2.24, 2.45) is 11.8 Å². The molecule has 1 fully saturated rings. The molecule has 2 atom stereocenters. The van der Waals surface area contributed by atoms with E-state index in [0.717, 1.165) is 10.9 Å². The predicted molar refractivity (Wildman–Crippen MR) is 76.7 cm³/mol. The van der Waals surface area contributed by atoms with Gasteiger partial charge in [0.1, 0.15) is 0 Å². The molecule has 1 aliphatic rings. The molecular weight excluding hydrogens is 270 g/mol. The number of hydrogen-bond donors (Lipinski definition) is 1. The van der Waals surface area contributed by atoms with Gasteiger partial charge >= 0.3 is 5.97 Å². The number of amides is 1. The summed E-state index contributed by atoms with van der Waals surface area (Å²) < 4.78 is 4.80. The van der Waals surface area contributed by atoms with Gasteiger partial charge in [-0.3, -0.25) is 14.7 Å². The van der Waals surface area contributed by atoms with Crippen molar-refractivity contribution < 1.29 is 14.3 Å². The van der Waals surface area contributed by atoms with E-state index in [1.165, 1.54) is 7.11 Å². The van der Waals surface area contributed by atoms with Crippen LogP contribution in [0.3, 0.4) is 0 Å². The smallest absolute Gasteiger partial charge is 0.310 e. The second-order valence-corrected chi connectivity index (χ2v) is 5.49. The van der Waals surface area contributed by atoms with E-state index < -0.39 is 0 Å². The number of nitrogens with one attached hydrogen (secondary N) is 1. The van der Waals surface area contributed by atoms with Crippen molar-refractivity contribution in [3.63, 3.8) is 0 Å². The highest BCUT2D eigenvalue weighted by Gasteiger charge is 2.37. The summed E-state index contributed by atoms with van der Waals surface area (Å²) in [6.45, 7) is 2.95. The van der Waals surface area contributed by atoms with Gasteiger partial charge in [0.25, 0.3) is 5.91 Å². The highest BCUT2D eigenvalue weighted by atomic mass is 16.5. The number of aromatic amines is 1. The fourth-order valence-corrected chi connectivity index (χ4v) is 2.85. The minimum atomic E-state index is -0.247. The van der Waals surface area contributed by atoms with Gasteiger partial charge in [-0.25, -0.2) is 0 Å². The lowest BCUT2D eigenvalue weighted by atomic mass is 9.99.